The number of nitrogens with one attached hydrogen (secondary N) is 1. The Morgan fingerprint density at radius 1 is 0.939 bits per heavy atom. The van der Waals surface area contributed by atoms with E-state index in [-0.39, 0.29) is 11.9 Å². The Bertz CT molecular complexity index is 1100. The molecule has 3 aromatic rings. The van der Waals surface area contributed by atoms with Crippen LogP contribution in [-0.2, 0) is 6.54 Å². The Morgan fingerprint density at radius 3 is 2.12 bits per heavy atom. The summed E-state index contributed by atoms with van der Waals surface area (Å²) in [4.78, 5) is 26.3. The fourth-order valence-corrected chi connectivity index (χ4v) is 4.07. The van der Waals surface area contributed by atoms with Gasteiger partial charge >= 0.3 is 0 Å². The van der Waals surface area contributed by atoms with Gasteiger partial charge in [0, 0.05) is 36.8 Å². The van der Waals surface area contributed by atoms with Crippen molar-refractivity contribution in [3.63, 3.8) is 0 Å². The van der Waals surface area contributed by atoms with Gasteiger partial charge < -0.3 is 15.8 Å². The summed E-state index contributed by atoms with van der Waals surface area (Å²) in [5.41, 5.74) is 8.90. The molecule has 0 saturated carbocycles. The molecule has 1 aliphatic rings. The number of nitrogens with zero attached hydrogens (tertiary/aromatic N) is 1. The van der Waals surface area contributed by atoms with Crippen LogP contribution in [-0.4, -0.2) is 35.8 Å². The van der Waals surface area contributed by atoms with Crippen LogP contribution in [0.2, 0.25) is 0 Å². The Hall–Kier alpha value is -3.64. The van der Waals surface area contributed by atoms with Crippen molar-refractivity contribution in [3.05, 3.63) is 95.1 Å². The van der Waals surface area contributed by atoms with Crippen molar-refractivity contribution in [3.8, 4) is 11.5 Å². The molecule has 0 radical (unpaired) electrons. The molecule has 1 aliphatic heterocycles. The van der Waals surface area contributed by atoms with Gasteiger partial charge in [-0.3, -0.25) is 14.5 Å². The second-order valence-electron chi connectivity index (χ2n) is 8.53. The van der Waals surface area contributed by atoms with Gasteiger partial charge in [-0.15, -0.1) is 0 Å². The number of aryl methyl sites for hydroxylation is 1. The minimum Gasteiger partial charge on any atom is -0.457 e. The number of carbonyl (C=O) groups excluding carboxylic acids is 2. The summed E-state index contributed by atoms with van der Waals surface area (Å²) < 4.78 is 5.78. The topological polar surface area (TPSA) is 84.7 Å². The predicted molar refractivity (Wildman–Crippen MR) is 128 cm³/mol. The van der Waals surface area contributed by atoms with E-state index < -0.39 is 5.91 Å². The van der Waals surface area contributed by atoms with Gasteiger partial charge in [0.2, 0.25) is 5.91 Å². The summed E-state index contributed by atoms with van der Waals surface area (Å²) in [5.74, 6) is 0.663. The van der Waals surface area contributed by atoms with Crippen LogP contribution in [0.15, 0.2) is 72.8 Å². The smallest absolute Gasteiger partial charge is 0.251 e. The highest BCUT2D eigenvalue weighted by Gasteiger charge is 2.21. The first kappa shape index (κ1) is 22.6. The number of amides is 2. The molecule has 0 bridgehead atoms. The average Bonchev–Trinajstić information content (AvgIpc) is 2.81. The lowest BCUT2D eigenvalue weighted by molar-refractivity contribution is 0.0908. The normalized spacial score (nSPS) is 14.6. The van der Waals surface area contributed by atoms with Crippen LogP contribution in [0.1, 0.15) is 44.7 Å². The largest absolute Gasteiger partial charge is 0.457 e. The van der Waals surface area contributed by atoms with Crippen LogP contribution in [0.25, 0.3) is 0 Å². The summed E-state index contributed by atoms with van der Waals surface area (Å²) in [7, 11) is 0. The van der Waals surface area contributed by atoms with E-state index in [4.69, 9.17) is 10.5 Å². The third kappa shape index (κ3) is 6.20. The number of hydrogen-bond donors (Lipinski definition) is 2. The van der Waals surface area contributed by atoms with Crippen LogP contribution >= 0.6 is 0 Å². The third-order valence-corrected chi connectivity index (χ3v) is 5.90. The van der Waals surface area contributed by atoms with Crippen LogP contribution in [0.4, 0.5) is 0 Å². The number of carbonyl (C=O) groups is 2. The molecule has 2 amide bonds. The summed E-state index contributed by atoms with van der Waals surface area (Å²) in [6.07, 6.45) is 1.89. The van der Waals surface area contributed by atoms with E-state index >= 15 is 0 Å². The molecule has 1 saturated heterocycles. The Balaban J connectivity index is 1.25. The molecule has 170 valence electrons. The van der Waals surface area contributed by atoms with Crippen molar-refractivity contribution >= 4 is 11.8 Å². The lowest BCUT2D eigenvalue weighted by atomic mass is 10.0. The zero-order valence-electron chi connectivity index (χ0n) is 18.8. The first-order chi connectivity index (χ1) is 16.0. The van der Waals surface area contributed by atoms with Crippen molar-refractivity contribution in [2.24, 2.45) is 5.73 Å². The molecule has 0 atom stereocenters. The second-order valence-corrected chi connectivity index (χ2v) is 8.53. The van der Waals surface area contributed by atoms with Crippen LogP contribution in [0.3, 0.4) is 0 Å². The van der Waals surface area contributed by atoms with Crippen molar-refractivity contribution in [2.75, 3.05) is 13.1 Å². The maximum Gasteiger partial charge on any atom is 0.251 e. The summed E-state index contributed by atoms with van der Waals surface area (Å²) in [5, 5.41) is 3.16. The van der Waals surface area contributed by atoms with Crippen LogP contribution in [0.5, 0.6) is 11.5 Å². The Morgan fingerprint density at radius 2 is 1.55 bits per heavy atom. The quantitative estimate of drug-likeness (QED) is 0.571. The number of likely N-dealkylation sites (tertiary alicyclic amines) is 1. The van der Waals surface area contributed by atoms with Gasteiger partial charge in [-0.2, -0.15) is 0 Å². The van der Waals surface area contributed by atoms with Gasteiger partial charge in [-0.05, 0) is 73.9 Å². The number of nitrogens with two attached hydrogens (primary N) is 1. The standard InChI is InChI=1S/C27H29N3O3/c1-19-3-2-4-20(17-19)18-30-15-13-23(14-16-30)29-27(32)22-7-11-25(12-8-22)33-24-9-5-21(6-10-24)26(28)31/h2-12,17,23H,13-16,18H2,1H3,(H2,28,31)(H,29,32). The zero-order chi connectivity index (χ0) is 23.2. The fourth-order valence-electron chi connectivity index (χ4n) is 4.07. The monoisotopic (exact) mass is 443 g/mol. The van der Waals surface area contributed by atoms with E-state index in [1.54, 1.807) is 48.5 Å². The number of hydrogen-bond acceptors (Lipinski definition) is 4. The minimum atomic E-state index is -0.478. The molecule has 1 fully saturated rings. The van der Waals surface area contributed by atoms with Gasteiger partial charge in [-0.25, -0.2) is 0 Å². The van der Waals surface area contributed by atoms with Gasteiger partial charge in [-0.1, -0.05) is 29.8 Å². The highest BCUT2D eigenvalue weighted by Crippen LogP contribution is 2.22. The lowest BCUT2D eigenvalue weighted by Gasteiger charge is -2.32. The van der Waals surface area contributed by atoms with E-state index in [1.807, 2.05) is 0 Å². The molecule has 1 heterocycles. The van der Waals surface area contributed by atoms with Crippen LogP contribution in [0, 0.1) is 6.92 Å². The van der Waals surface area contributed by atoms with Crippen molar-refractivity contribution in [1.82, 2.24) is 10.2 Å². The summed E-state index contributed by atoms with van der Waals surface area (Å²) in [6, 6.07) is 22.5. The van der Waals surface area contributed by atoms with E-state index in [0.717, 1.165) is 32.5 Å². The minimum absolute atomic E-state index is 0.0653. The van der Waals surface area contributed by atoms with E-state index in [9.17, 15) is 9.59 Å². The molecular formula is C27H29N3O3. The maximum absolute atomic E-state index is 12.7. The predicted octanol–water partition coefficient (Wildman–Crippen LogP) is 4.28. The van der Waals surface area contributed by atoms with Gasteiger partial charge in [0.25, 0.3) is 5.91 Å². The fraction of sp³-hybridized carbons (Fsp3) is 0.259. The summed E-state index contributed by atoms with van der Waals surface area (Å²) >= 11 is 0. The van der Waals surface area contributed by atoms with Crippen molar-refractivity contribution < 1.29 is 14.3 Å². The average molecular weight is 444 g/mol. The van der Waals surface area contributed by atoms with Gasteiger partial charge in [0.05, 0.1) is 0 Å². The molecule has 33 heavy (non-hydrogen) atoms. The first-order valence-electron chi connectivity index (χ1n) is 11.2. The number of benzene rings is 3. The molecular weight excluding hydrogens is 414 g/mol. The van der Waals surface area contributed by atoms with E-state index in [1.165, 1.54) is 11.1 Å². The molecule has 0 aromatic heterocycles. The van der Waals surface area contributed by atoms with Crippen molar-refractivity contribution in [2.45, 2.75) is 32.4 Å². The highest BCUT2D eigenvalue weighted by atomic mass is 16.5. The molecule has 0 spiro atoms. The van der Waals surface area contributed by atoms with E-state index in [2.05, 4.69) is 41.4 Å². The molecule has 6 nitrogen and oxygen atoms in total. The number of ether oxygens (including phenoxy) is 1. The molecule has 4 rings (SSSR count). The van der Waals surface area contributed by atoms with E-state index in [0.29, 0.717) is 22.6 Å². The second kappa shape index (κ2) is 10.3. The molecule has 3 aromatic carbocycles. The lowest BCUT2D eigenvalue weighted by Crippen LogP contribution is -2.44. The van der Waals surface area contributed by atoms with Gasteiger partial charge in [0.15, 0.2) is 0 Å². The van der Waals surface area contributed by atoms with Crippen molar-refractivity contribution in [1.29, 1.82) is 0 Å². The molecule has 6 heteroatoms. The SMILES string of the molecule is Cc1cccc(CN2CCC(NC(=O)c3ccc(Oc4ccc(C(N)=O)cc4)cc3)CC2)c1. The van der Waals surface area contributed by atoms with Crippen LogP contribution < -0.4 is 15.8 Å². The molecule has 3 N–H and O–H groups in total. The number of piperidine rings is 1. The first-order valence-corrected chi connectivity index (χ1v) is 11.2. The highest BCUT2D eigenvalue weighted by molar-refractivity contribution is 5.94. The summed E-state index contributed by atoms with van der Waals surface area (Å²) in [6.45, 7) is 5.02. The Labute approximate surface area is 194 Å². The van der Waals surface area contributed by atoms with Gasteiger partial charge in [0.1, 0.15) is 11.5 Å². The number of primary amides is 1. The maximum atomic E-state index is 12.7. The molecule has 0 aliphatic carbocycles. The Kier molecular flexibility index (Phi) is 7.05. The third-order valence-electron chi connectivity index (χ3n) is 5.90. The zero-order valence-corrected chi connectivity index (χ0v) is 18.8. The number of rotatable bonds is 7. The molecule has 0 unspecified atom stereocenters.